The molecular formula is C27H31FN4O4. The van der Waals surface area contributed by atoms with Crippen molar-refractivity contribution in [1.29, 1.82) is 0 Å². The van der Waals surface area contributed by atoms with Gasteiger partial charge in [0.05, 0.1) is 18.2 Å². The lowest BCUT2D eigenvalue weighted by molar-refractivity contribution is -0.139. The number of esters is 1. The van der Waals surface area contributed by atoms with Crippen LogP contribution in [0.5, 0.6) is 0 Å². The number of urea groups is 1. The van der Waals surface area contributed by atoms with Gasteiger partial charge in [0.15, 0.2) is 0 Å². The number of piperazine rings is 1. The number of carbonyl (C=O) groups is 3. The highest BCUT2D eigenvalue weighted by molar-refractivity contribution is 5.95. The Labute approximate surface area is 210 Å². The summed E-state index contributed by atoms with van der Waals surface area (Å²) in [6.07, 6.45) is 0. The number of nitrogens with one attached hydrogen (secondary N) is 1. The van der Waals surface area contributed by atoms with E-state index in [1.54, 1.807) is 38.2 Å². The van der Waals surface area contributed by atoms with Crippen LogP contribution in [0.3, 0.4) is 0 Å². The molecule has 3 amide bonds. The number of likely N-dealkylation sites (N-methyl/N-ethyl adjacent to an activating group) is 1. The van der Waals surface area contributed by atoms with Crippen LogP contribution in [0.1, 0.15) is 35.8 Å². The van der Waals surface area contributed by atoms with Crippen molar-refractivity contribution in [2.45, 2.75) is 25.9 Å². The smallest absolute Gasteiger partial charge is 0.338 e. The first-order valence-corrected chi connectivity index (χ1v) is 12.1. The predicted molar refractivity (Wildman–Crippen MR) is 132 cm³/mol. The van der Waals surface area contributed by atoms with Gasteiger partial charge >= 0.3 is 12.0 Å². The number of halogens is 1. The number of hydrogen-bond donors (Lipinski definition) is 1. The summed E-state index contributed by atoms with van der Waals surface area (Å²) in [4.78, 5) is 44.3. The normalized spacial score (nSPS) is 20.8. The molecule has 9 heteroatoms. The van der Waals surface area contributed by atoms with Crippen molar-refractivity contribution in [3.05, 3.63) is 82.8 Å². The molecule has 1 saturated heterocycles. The highest BCUT2D eigenvalue weighted by Crippen LogP contribution is 2.32. The summed E-state index contributed by atoms with van der Waals surface area (Å²) < 4.78 is 19.4. The van der Waals surface area contributed by atoms with Crippen molar-refractivity contribution < 1.29 is 23.5 Å². The fraction of sp³-hybridized carbons (Fsp3) is 0.370. The Morgan fingerprint density at radius 2 is 1.86 bits per heavy atom. The average molecular weight is 495 g/mol. The monoisotopic (exact) mass is 494 g/mol. The molecule has 0 bridgehead atoms. The van der Waals surface area contributed by atoms with Crippen LogP contribution in [0.2, 0.25) is 0 Å². The molecule has 8 nitrogen and oxygen atoms in total. The Morgan fingerprint density at radius 3 is 2.53 bits per heavy atom. The molecule has 2 aliphatic heterocycles. The molecule has 1 fully saturated rings. The summed E-state index contributed by atoms with van der Waals surface area (Å²) in [7, 11) is 1.60. The first-order valence-electron chi connectivity index (χ1n) is 12.1. The molecule has 0 spiro atoms. The first-order chi connectivity index (χ1) is 17.3. The topological polar surface area (TPSA) is 82.2 Å². The maximum atomic E-state index is 14.0. The van der Waals surface area contributed by atoms with E-state index in [1.165, 1.54) is 17.0 Å². The molecule has 0 saturated carbocycles. The van der Waals surface area contributed by atoms with Gasteiger partial charge in [0.2, 0.25) is 0 Å². The Balaban J connectivity index is 1.61. The minimum Gasteiger partial charge on any atom is -0.463 e. The van der Waals surface area contributed by atoms with Crippen LogP contribution in [-0.4, -0.2) is 78.5 Å². The highest BCUT2D eigenvalue weighted by Gasteiger charge is 2.38. The lowest BCUT2D eigenvalue weighted by Gasteiger charge is -2.42. The van der Waals surface area contributed by atoms with E-state index in [0.717, 1.165) is 0 Å². The summed E-state index contributed by atoms with van der Waals surface area (Å²) in [5, 5.41) is 2.81. The molecule has 190 valence electrons. The number of rotatable bonds is 6. The Morgan fingerprint density at radius 1 is 1.11 bits per heavy atom. The summed E-state index contributed by atoms with van der Waals surface area (Å²) in [6, 6.07) is 13.7. The van der Waals surface area contributed by atoms with Crippen LogP contribution in [0.4, 0.5) is 9.18 Å². The first kappa shape index (κ1) is 25.4. The Bertz CT molecular complexity index is 1170. The van der Waals surface area contributed by atoms with Crippen LogP contribution in [0.15, 0.2) is 65.9 Å². The van der Waals surface area contributed by atoms with Crippen molar-refractivity contribution in [2.75, 3.05) is 39.8 Å². The summed E-state index contributed by atoms with van der Waals surface area (Å²) in [5.74, 6) is -1.03. The summed E-state index contributed by atoms with van der Waals surface area (Å²) >= 11 is 0. The van der Waals surface area contributed by atoms with E-state index in [4.69, 9.17) is 4.74 Å². The molecule has 0 aromatic heterocycles. The molecule has 2 aromatic rings. The third kappa shape index (κ3) is 5.26. The SMILES string of the molecule is CCOC(=O)C1=C(CN2CCN(C(=O)c3ccccc3)[C@H](C)C2)N(C)C(=O)N[C@H]1c1cccc(F)c1. The fourth-order valence-electron chi connectivity index (χ4n) is 4.77. The molecule has 0 aliphatic carbocycles. The molecule has 36 heavy (non-hydrogen) atoms. The predicted octanol–water partition coefficient (Wildman–Crippen LogP) is 3.19. The standard InChI is InChI=1S/C27H31FN4O4/c1-4-36-26(34)23-22(30(3)27(35)29-24(23)20-11-8-12-21(28)15-20)17-31-13-14-32(18(2)16-31)25(33)19-9-6-5-7-10-19/h5-12,15,18,24H,4,13-14,16-17H2,1-3H3,(H,29,35)/t18-,24+/m1/s1. The van der Waals surface area contributed by atoms with E-state index >= 15 is 0 Å². The molecule has 4 rings (SSSR count). The van der Waals surface area contributed by atoms with Gasteiger partial charge in [0.1, 0.15) is 5.82 Å². The fourth-order valence-corrected chi connectivity index (χ4v) is 4.77. The van der Waals surface area contributed by atoms with Gasteiger partial charge in [-0.25, -0.2) is 14.0 Å². The van der Waals surface area contributed by atoms with E-state index in [2.05, 4.69) is 10.2 Å². The number of nitrogens with zero attached hydrogens (tertiary/aromatic N) is 3. The molecule has 2 aliphatic rings. The lowest BCUT2D eigenvalue weighted by Crippen LogP contribution is -2.56. The third-order valence-corrected chi connectivity index (χ3v) is 6.62. The van der Waals surface area contributed by atoms with E-state index in [9.17, 15) is 18.8 Å². The largest absolute Gasteiger partial charge is 0.463 e. The molecule has 0 radical (unpaired) electrons. The van der Waals surface area contributed by atoms with Gasteiger partial charge in [-0.05, 0) is 43.7 Å². The number of amides is 3. The van der Waals surface area contributed by atoms with Crippen molar-refractivity contribution >= 4 is 17.9 Å². The van der Waals surface area contributed by atoms with Crippen molar-refractivity contribution in [3.8, 4) is 0 Å². The molecule has 2 aromatic carbocycles. The molecule has 2 heterocycles. The number of hydrogen-bond acceptors (Lipinski definition) is 5. The van der Waals surface area contributed by atoms with Gasteiger partial charge in [-0.3, -0.25) is 14.6 Å². The molecular weight excluding hydrogens is 463 g/mol. The van der Waals surface area contributed by atoms with E-state index in [-0.39, 0.29) is 24.1 Å². The van der Waals surface area contributed by atoms with Crippen molar-refractivity contribution in [3.63, 3.8) is 0 Å². The van der Waals surface area contributed by atoms with Gasteiger partial charge in [0, 0.05) is 50.5 Å². The summed E-state index contributed by atoms with van der Waals surface area (Å²) in [6.45, 7) is 5.83. The molecule has 2 atom stereocenters. The van der Waals surface area contributed by atoms with Gasteiger partial charge in [-0.2, -0.15) is 0 Å². The van der Waals surface area contributed by atoms with Crippen LogP contribution >= 0.6 is 0 Å². The summed E-state index contributed by atoms with van der Waals surface area (Å²) in [5.41, 5.74) is 1.89. The second-order valence-electron chi connectivity index (χ2n) is 9.03. The zero-order valence-corrected chi connectivity index (χ0v) is 20.7. The third-order valence-electron chi connectivity index (χ3n) is 6.62. The van der Waals surface area contributed by atoms with E-state index < -0.39 is 23.9 Å². The molecule has 0 unspecified atom stereocenters. The number of benzene rings is 2. The van der Waals surface area contributed by atoms with Gasteiger partial charge < -0.3 is 15.0 Å². The Kier molecular flexibility index (Phi) is 7.69. The van der Waals surface area contributed by atoms with Crippen molar-refractivity contribution in [2.24, 2.45) is 0 Å². The lowest BCUT2D eigenvalue weighted by atomic mass is 9.94. The van der Waals surface area contributed by atoms with Gasteiger partial charge in [-0.1, -0.05) is 30.3 Å². The quantitative estimate of drug-likeness (QED) is 0.624. The van der Waals surface area contributed by atoms with Gasteiger partial charge in [0.25, 0.3) is 5.91 Å². The van der Waals surface area contributed by atoms with Gasteiger partial charge in [-0.15, -0.1) is 0 Å². The van der Waals surface area contributed by atoms with Crippen molar-refractivity contribution in [1.82, 2.24) is 20.0 Å². The minimum absolute atomic E-state index is 0.0190. The maximum absolute atomic E-state index is 14.0. The van der Waals surface area contributed by atoms with E-state index in [0.29, 0.717) is 43.0 Å². The maximum Gasteiger partial charge on any atom is 0.338 e. The van der Waals surface area contributed by atoms with Crippen LogP contribution in [-0.2, 0) is 9.53 Å². The number of ether oxygens (including phenoxy) is 1. The minimum atomic E-state index is -0.836. The highest BCUT2D eigenvalue weighted by atomic mass is 19.1. The number of carbonyl (C=O) groups excluding carboxylic acids is 3. The zero-order chi connectivity index (χ0) is 25.8. The zero-order valence-electron chi connectivity index (χ0n) is 20.7. The average Bonchev–Trinajstić information content (AvgIpc) is 2.87. The second kappa shape index (κ2) is 10.9. The molecule has 1 N–H and O–H groups in total. The van der Waals surface area contributed by atoms with E-state index in [1.807, 2.05) is 30.0 Å². The van der Waals surface area contributed by atoms with Crippen LogP contribution in [0, 0.1) is 5.82 Å². The van der Waals surface area contributed by atoms with Crippen LogP contribution in [0.25, 0.3) is 0 Å². The van der Waals surface area contributed by atoms with Crippen LogP contribution < -0.4 is 5.32 Å². The Hall–Kier alpha value is -3.72. The second-order valence-corrected chi connectivity index (χ2v) is 9.03.